The minimum atomic E-state index is -0.143. The van der Waals surface area contributed by atoms with Crippen molar-refractivity contribution in [3.63, 3.8) is 0 Å². The predicted molar refractivity (Wildman–Crippen MR) is 131 cm³/mol. The van der Waals surface area contributed by atoms with Crippen LogP contribution in [0, 0.1) is 5.82 Å². The quantitative estimate of drug-likeness (QED) is 0.293. The van der Waals surface area contributed by atoms with E-state index in [4.69, 9.17) is 5.73 Å². The van der Waals surface area contributed by atoms with Crippen molar-refractivity contribution in [2.24, 2.45) is 5.73 Å². The molecule has 0 heterocycles. The molecule has 0 saturated heterocycles. The van der Waals surface area contributed by atoms with Gasteiger partial charge in [-0.25, -0.2) is 4.39 Å². The summed E-state index contributed by atoms with van der Waals surface area (Å²) < 4.78 is 15.3. The van der Waals surface area contributed by atoms with Gasteiger partial charge < -0.3 is 5.73 Å². The number of aryl methyl sites for hydroxylation is 1. The first-order valence-corrected chi connectivity index (χ1v) is 11.3. The van der Waals surface area contributed by atoms with Crippen LogP contribution in [0.2, 0.25) is 0 Å². The third kappa shape index (κ3) is 4.86. The first kappa shape index (κ1) is 21.3. The van der Waals surface area contributed by atoms with Gasteiger partial charge in [-0.2, -0.15) is 0 Å². The molecule has 4 aromatic rings. The highest BCUT2D eigenvalue weighted by Crippen LogP contribution is 2.31. The monoisotopic (exact) mass is 411 g/mol. The van der Waals surface area contributed by atoms with E-state index in [0.29, 0.717) is 17.5 Å². The molecule has 0 fully saturated rings. The molecule has 31 heavy (non-hydrogen) atoms. The van der Waals surface area contributed by atoms with Crippen LogP contribution in [-0.4, -0.2) is 0 Å². The molecule has 0 spiro atoms. The maximum atomic E-state index is 15.3. The summed E-state index contributed by atoms with van der Waals surface area (Å²) in [6, 6.07) is 26.5. The minimum absolute atomic E-state index is 0.143. The lowest BCUT2D eigenvalue weighted by Gasteiger charge is -2.10. The largest absolute Gasteiger partial charge is 0.326 e. The molecule has 2 N–H and O–H groups in total. The fourth-order valence-electron chi connectivity index (χ4n) is 4.15. The van der Waals surface area contributed by atoms with Gasteiger partial charge in [-0.15, -0.1) is 0 Å². The fourth-order valence-corrected chi connectivity index (χ4v) is 4.15. The Labute approximate surface area is 184 Å². The topological polar surface area (TPSA) is 26.0 Å². The van der Waals surface area contributed by atoms with E-state index in [2.05, 4.69) is 43.3 Å². The Hall–Kier alpha value is -2.97. The van der Waals surface area contributed by atoms with E-state index in [1.54, 1.807) is 0 Å². The van der Waals surface area contributed by atoms with Crippen molar-refractivity contribution in [1.29, 1.82) is 0 Å². The van der Waals surface area contributed by atoms with Crippen molar-refractivity contribution >= 4 is 10.8 Å². The summed E-state index contributed by atoms with van der Waals surface area (Å²) >= 11 is 0. The lowest BCUT2D eigenvalue weighted by molar-refractivity contribution is 0.643. The van der Waals surface area contributed by atoms with Crippen molar-refractivity contribution in [2.75, 3.05) is 0 Å². The van der Waals surface area contributed by atoms with Gasteiger partial charge in [0.25, 0.3) is 0 Å². The van der Waals surface area contributed by atoms with Crippen molar-refractivity contribution in [3.8, 4) is 22.3 Å². The number of hydrogen-bond donors (Lipinski definition) is 1. The minimum Gasteiger partial charge on any atom is -0.326 e. The predicted octanol–water partition coefficient (Wildman–Crippen LogP) is 7.89. The summed E-state index contributed by atoms with van der Waals surface area (Å²) in [5.74, 6) is -0.143. The summed E-state index contributed by atoms with van der Waals surface area (Å²) in [4.78, 5) is 0. The van der Waals surface area contributed by atoms with Crippen LogP contribution in [0.1, 0.15) is 43.7 Å². The summed E-state index contributed by atoms with van der Waals surface area (Å²) in [5, 5.41) is 1.67. The number of rotatable bonds is 8. The average molecular weight is 412 g/mol. The third-order valence-corrected chi connectivity index (χ3v) is 6.06. The zero-order chi connectivity index (χ0) is 21.6. The molecular weight excluding hydrogens is 381 g/mol. The summed E-state index contributed by atoms with van der Waals surface area (Å²) in [5.41, 5.74) is 11.9. The second-order valence-electron chi connectivity index (χ2n) is 8.27. The maximum absolute atomic E-state index is 15.3. The van der Waals surface area contributed by atoms with Gasteiger partial charge in [-0.05, 0) is 46.0 Å². The van der Waals surface area contributed by atoms with Gasteiger partial charge in [0.1, 0.15) is 5.82 Å². The fraction of sp³-hybridized carbons (Fsp3) is 0.241. The highest BCUT2D eigenvalue weighted by atomic mass is 19.1. The molecule has 0 radical (unpaired) electrons. The van der Waals surface area contributed by atoms with Crippen LogP contribution < -0.4 is 5.73 Å². The van der Waals surface area contributed by atoms with Crippen molar-refractivity contribution in [3.05, 3.63) is 95.8 Å². The van der Waals surface area contributed by atoms with Gasteiger partial charge in [0, 0.05) is 17.5 Å². The van der Waals surface area contributed by atoms with Gasteiger partial charge in [-0.1, -0.05) is 105 Å². The standard InChI is InChI=1S/C29H30FN/c1-2-3-4-5-6-21-9-17-28-26(19-21)16-18-27(29(28)30)25-14-12-24(13-15-25)23-10-7-22(20-31)8-11-23/h7-19H,2-6,20,31H2,1H3. The molecule has 0 aliphatic heterocycles. The van der Waals surface area contributed by atoms with Crippen molar-refractivity contribution in [2.45, 2.75) is 45.6 Å². The SMILES string of the molecule is CCCCCCc1ccc2c(F)c(-c3ccc(-c4ccc(CN)cc4)cc3)ccc2c1. The Morgan fingerprint density at radius 3 is 2.00 bits per heavy atom. The molecular formula is C29H30FN. The van der Waals surface area contributed by atoms with Crippen molar-refractivity contribution < 1.29 is 4.39 Å². The van der Waals surface area contributed by atoms with E-state index < -0.39 is 0 Å². The molecule has 0 aliphatic carbocycles. The molecule has 4 aromatic carbocycles. The molecule has 0 amide bonds. The van der Waals surface area contributed by atoms with Crippen LogP contribution in [0.5, 0.6) is 0 Å². The van der Waals surface area contributed by atoms with E-state index in [9.17, 15) is 0 Å². The zero-order valence-corrected chi connectivity index (χ0v) is 18.2. The van der Waals surface area contributed by atoms with Gasteiger partial charge in [0.05, 0.1) is 0 Å². The van der Waals surface area contributed by atoms with Crippen LogP contribution in [0.4, 0.5) is 4.39 Å². The van der Waals surface area contributed by atoms with E-state index in [0.717, 1.165) is 34.1 Å². The normalized spacial score (nSPS) is 11.2. The van der Waals surface area contributed by atoms with Crippen LogP contribution in [0.25, 0.3) is 33.0 Å². The lowest BCUT2D eigenvalue weighted by atomic mass is 9.96. The summed E-state index contributed by atoms with van der Waals surface area (Å²) in [6.45, 7) is 2.77. The number of benzene rings is 4. The number of unbranched alkanes of at least 4 members (excludes halogenated alkanes) is 3. The summed E-state index contributed by atoms with van der Waals surface area (Å²) in [7, 11) is 0. The molecule has 1 nitrogen and oxygen atoms in total. The highest BCUT2D eigenvalue weighted by Gasteiger charge is 2.10. The van der Waals surface area contributed by atoms with Gasteiger partial charge >= 0.3 is 0 Å². The van der Waals surface area contributed by atoms with Gasteiger partial charge in [0.15, 0.2) is 0 Å². The molecule has 0 bridgehead atoms. The number of hydrogen-bond acceptors (Lipinski definition) is 1. The Morgan fingerprint density at radius 2 is 1.32 bits per heavy atom. The lowest BCUT2D eigenvalue weighted by Crippen LogP contribution is -1.95. The number of halogens is 1. The Bertz CT molecular complexity index is 1140. The summed E-state index contributed by atoms with van der Waals surface area (Å²) in [6.07, 6.45) is 6.04. The molecule has 0 saturated carbocycles. The van der Waals surface area contributed by atoms with E-state index in [-0.39, 0.29) is 5.82 Å². The van der Waals surface area contributed by atoms with Gasteiger partial charge in [0.2, 0.25) is 0 Å². The zero-order valence-electron chi connectivity index (χ0n) is 18.2. The molecule has 0 aromatic heterocycles. The number of nitrogens with two attached hydrogens (primary N) is 1. The Balaban J connectivity index is 1.56. The second kappa shape index (κ2) is 9.89. The average Bonchev–Trinajstić information content (AvgIpc) is 2.82. The smallest absolute Gasteiger partial charge is 0.138 e. The molecule has 0 unspecified atom stereocenters. The van der Waals surface area contributed by atoms with Crippen LogP contribution >= 0.6 is 0 Å². The molecule has 0 aliphatic rings. The van der Waals surface area contributed by atoms with Crippen LogP contribution in [0.3, 0.4) is 0 Å². The van der Waals surface area contributed by atoms with E-state index in [1.807, 2.05) is 42.5 Å². The maximum Gasteiger partial charge on any atom is 0.138 e. The highest BCUT2D eigenvalue weighted by molar-refractivity contribution is 5.89. The molecule has 158 valence electrons. The second-order valence-corrected chi connectivity index (χ2v) is 8.27. The Morgan fingerprint density at radius 1 is 0.677 bits per heavy atom. The first-order valence-electron chi connectivity index (χ1n) is 11.3. The van der Waals surface area contributed by atoms with Gasteiger partial charge in [-0.3, -0.25) is 0 Å². The molecule has 4 rings (SSSR count). The third-order valence-electron chi connectivity index (χ3n) is 6.06. The van der Waals surface area contributed by atoms with E-state index in [1.165, 1.54) is 31.2 Å². The molecule has 0 atom stereocenters. The van der Waals surface area contributed by atoms with Crippen molar-refractivity contribution in [1.82, 2.24) is 0 Å². The van der Waals surface area contributed by atoms with E-state index >= 15 is 4.39 Å². The number of fused-ring (bicyclic) bond motifs is 1. The van der Waals surface area contributed by atoms with Crippen LogP contribution in [0.15, 0.2) is 78.9 Å². The first-order chi connectivity index (χ1) is 15.2. The molecule has 2 heteroatoms. The Kier molecular flexibility index (Phi) is 6.79. The van der Waals surface area contributed by atoms with Crippen LogP contribution in [-0.2, 0) is 13.0 Å².